The average Bonchev–Trinajstić information content (AvgIpc) is 3.65. The molecule has 0 N–H and O–H groups in total. The largest absolute Gasteiger partial charge is 0.456 e. The molecule has 292 valence electrons. The normalized spacial score (nSPS) is 12.2. The van der Waals surface area contributed by atoms with E-state index in [9.17, 15) is 0 Å². The zero-order chi connectivity index (χ0) is 41.2. The van der Waals surface area contributed by atoms with Crippen molar-refractivity contribution in [1.82, 2.24) is 0 Å². The van der Waals surface area contributed by atoms with Crippen LogP contribution in [0.3, 0.4) is 0 Å². The van der Waals surface area contributed by atoms with E-state index in [1.807, 2.05) is 12.1 Å². The van der Waals surface area contributed by atoms with Gasteiger partial charge < -0.3 is 9.32 Å². The van der Waals surface area contributed by atoms with E-state index in [0.717, 1.165) is 50.1 Å². The summed E-state index contributed by atoms with van der Waals surface area (Å²) < 4.78 is 6.29. The van der Waals surface area contributed by atoms with Crippen molar-refractivity contribution < 1.29 is 4.42 Å². The van der Waals surface area contributed by atoms with Gasteiger partial charge >= 0.3 is 0 Å². The molecule has 10 aromatic rings. The minimum Gasteiger partial charge on any atom is -0.456 e. The van der Waals surface area contributed by atoms with Crippen LogP contribution in [-0.4, -0.2) is 0 Å². The number of benzene rings is 9. The molecule has 2 heteroatoms. The molecular weight excluding hydrogens is 727 g/mol. The summed E-state index contributed by atoms with van der Waals surface area (Å²) >= 11 is 0. The van der Waals surface area contributed by atoms with Crippen molar-refractivity contribution in [2.75, 3.05) is 4.90 Å². The van der Waals surface area contributed by atoms with Crippen LogP contribution in [0.1, 0.15) is 52.7 Å². The van der Waals surface area contributed by atoms with Gasteiger partial charge in [0.25, 0.3) is 0 Å². The third-order valence-electron chi connectivity index (χ3n) is 12.2. The molecule has 0 fully saturated rings. The van der Waals surface area contributed by atoms with Gasteiger partial charge in [-0.3, -0.25) is 0 Å². The fourth-order valence-corrected chi connectivity index (χ4v) is 8.97. The minimum absolute atomic E-state index is 0.00333. The van der Waals surface area contributed by atoms with Crippen molar-refractivity contribution in [2.24, 2.45) is 0 Å². The molecule has 60 heavy (non-hydrogen) atoms. The van der Waals surface area contributed by atoms with Crippen molar-refractivity contribution in [3.8, 4) is 33.4 Å². The Labute approximate surface area is 353 Å². The van der Waals surface area contributed by atoms with Crippen LogP contribution in [-0.2, 0) is 10.8 Å². The van der Waals surface area contributed by atoms with Crippen LogP contribution < -0.4 is 4.90 Å². The van der Waals surface area contributed by atoms with E-state index in [0.29, 0.717) is 0 Å². The number of furan rings is 1. The second-order valence-electron chi connectivity index (χ2n) is 18.2. The molecule has 0 aliphatic rings. The lowest BCUT2D eigenvalue weighted by atomic mass is 9.78. The highest BCUT2D eigenvalue weighted by molar-refractivity contribution is 6.13. The average molecular weight is 776 g/mol. The van der Waals surface area contributed by atoms with E-state index < -0.39 is 0 Å². The lowest BCUT2D eigenvalue weighted by molar-refractivity contribution is 0.569. The topological polar surface area (TPSA) is 16.4 Å². The van der Waals surface area contributed by atoms with Gasteiger partial charge in [-0.05, 0) is 102 Å². The Morgan fingerprint density at radius 1 is 0.367 bits per heavy atom. The summed E-state index contributed by atoms with van der Waals surface area (Å²) in [6.45, 7) is 13.9. The number of hydrogen-bond acceptors (Lipinski definition) is 2. The molecule has 0 atom stereocenters. The molecule has 0 spiro atoms. The first-order valence-electron chi connectivity index (χ1n) is 21.1. The standard InChI is InChI=1S/C58H49NO/c1-57(2,3)42-35-41(36-43(37-42)58(4,5)6)47-24-13-19-40-20-14-26-49(55(40)47)48-22-9-11-27-52(48)59(51-28-15-18-38-17-7-8-21-45(38)51)44-33-31-39(32-34-44)46-25-16-30-54-56(46)50-23-10-12-29-53(50)60-54/h7-37H,1-6H3. The van der Waals surface area contributed by atoms with E-state index in [1.165, 1.54) is 54.9 Å². The fourth-order valence-electron chi connectivity index (χ4n) is 8.97. The van der Waals surface area contributed by atoms with E-state index in [1.54, 1.807) is 0 Å². The van der Waals surface area contributed by atoms with Gasteiger partial charge in [-0.25, -0.2) is 0 Å². The van der Waals surface area contributed by atoms with Gasteiger partial charge in [0.2, 0.25) is 0 Å². The lowest BCUT2D eigenvalue weighted by Crippen LogP contribution is -2.16. The van der Waals surface area contributed by atoms with Crippen LogP contribution in [0.2, 0.25) is 0 Å². The molecule has 0 unspecified atom stereocenters. The van der Waals surface area contributed by atoms with Crippen LogP contribution in [0.25, 0.3) is 76.9 Å². The Morgan fingerprint density at radius 2 is 0.883 bits per heavy atom. The summed E-state index contributed by atoms with van der Waals surface area (Å²) in [4.78, 5) is 2.45. The predicted molar refractivity (Wildman–Crippen MR) is 257 cm³/mol. The summed E-state index contributed by atoms with van der Waals surface area (Å²) in [5.74, 6) is 0. The SMILES string of the molecule is CC(C)(C)c1cc(-c2cccc3cccc(-c4ccccc4N(c4ccc(-c5cccc6oc7ccccc7c56)cc4)c4cccc5ccccc45)c23)cc(C(C)(C)C)c1. The molecule has 0 saturated carbocycles. The Hall–Kier alpha value is -6.90. The Bertz CT molecular complexity index is 3180. The van der Waals surface area contributed by atoms with Crippen molar-refractivity contribution in [3.05, 3.63) is 199 Å². The first kappa shape index (κ1) is 37.4. The van der Waals surface area contributed by atoms with E-state index in [4.69, 9.17) is 4.42 Å². The molecule has 0 amide bonds. The van der Waals surface area contributed by atoms with Gasteiger partial charge in [0.05, 0.1) is 11.4 Å². The molecule has 0 aliphatic carbocycles. The predicted octanol–water partition coefficient (Wildman–Crippen LogP) is 17.0. The smallest absolute Gasteiger partial charge is 0.136 e. The summed E-state index contributed by atoms with van der Waals surface area (Å²) in [6.07, 6.45) is 0. The second kappa shape index (κ2) is 14.4. The number of anilines is 3. The van der Waals surface area contributed by atoms with Crippen LogP contribution in [0.4, 0.5) is 17.1 Å². The number of fused-ring (bicyclic) bond motifs is 5. The Balaban J connectivity index is 1.19. The monoisotopic (exact) mass is 775 g/mol. The van der Waals surface area contributed by atoms with Crippen LogP contribution in [0.5, 0.6) is 0 Å². The third-order valence-corrected chi connectivity index (χ3v) is 12.2. The summed E-state index contributed by atoms with van der Waals surface area (Å²) in [6, 6.07) is 68.8. The minimum atomic E-state index is 0.00333. The molecule has 2 nitrogen and oxygen atoms in total. The van der Waals surface area contributed by atoms with E-state index in [2.05, 4.69) is 222 Å². The molecule has 0 saturated heterocycles. The van der Waals surface area contributed by atoms with Crippen molar-refractivity contribution in [3.63, 3.8) is 0 Å². The maximum Gasteiger partial charge on any atom is 0.136 e. The highest BCUT2D eigenvalue weighted by Gasteiger charge is 2.24. The Morgan fingerprint density at radius 3 is 1.62 bits per heavy atom. The molecule has 10 rings (SSSR count). The van der Waals surface area contributed by atoms with Crippen molar-refractivity contribution >= 4 is 60.5 Å². The summed E-state index contributed by atoms with van der Waals surface area (Å²) in [5, 5.41) is 7.15. The molecule has 9 aromatic carbocycles. The molecule has 0 bridgehead atoms. The molecule has 0 radical (unpaired) electrons. The van der Waals surface area contributed by atoms with Gasteiger partial charge in [-0.15, -0.1) is 0 Å². The molecule has 1 aromatic heterocycles. The highest BCUT2D eigenvalue weighted by atomic mass is 16.3. The number of rotatable bonds is 6. The number of nitrogens with zero attached hydrogens (tertiary/aromatic N) is 1. The summed E-state index contributed by atoms with van der Waals surface area (Å²) in [7, 11) is 0. The van der Waals surface area contributed by atoms with Crippen LogP contribution in [0.15, 0.2) is 192 Å². The van der Waals surface area contributed by atoms with E-state index in [-0.39, 0.29) is 10.8 Å². The van der Waals surface area contributed by atoms with Crippen molar-refractivity contribution in [1.29, 1.82) is 0 Å². The second-order valence-corrected chi connectivity index (χ2v) is 18.2. The zero-order valence-corrected chi connectivity index (χ0v) is 35.3. The maximum absolute atomic E-state index is 6.29. The summed E-state index contributed by atoms with van der Waals surface area (Å²) in [5.41, 5.74) is 15.0. The fraction of sp³-hybridized carbons (Fsp3) is 0.138. The van der Waals surface area contributed by atoms with Crippen molar-refractivity contribution in [2.45, 2.75) is 52.4 Å². The van der Waals surface area contributed by atoms with Crippen LogP contribution in [0, 0.1) is 0 Å². The maximum atomic E-state index is 6.29. The molecule has 1 heterocycles. The molecule has 0 aliphatic heterocycles. The quantitative estimate of drug-likeness (QED) is 0.167. The van der Waals surface area contributed by atoms with Gasteiger partial charge in [-0.2, -0.15) is 0 Å². The zero-order valence-electron chi connectivity index (χ0n) is 35.3. The van der Waals surface area contributed by atoms with Gasteiger partial charge in [0.1, 0.15) is 11.2 Å². The van der Waals surface area contributed by atoms with Gasteiger partial charge in [0, 0.05) is 27.4 Å². The number of para-hydroxylation sites is 2. The molecular formula is C58H49NO. The van der Waals surface area contributed by atoms with Crippen LogP contribution >= 0.6 is 0 Å². The highest BCUT2D eigenvalue weighted by Crippen LogP contribution is 2.47. The first-order valence-corrected chi connectivity index (χ1v) is 21.1. The van der Waals surface area contributed by atoms with Gasteiger partial charge in [0.15, 0.2) is 0 Å². The number of hydrogen-bond donors (Lipinski definition) is 0. The van der Waals surface area contributed by atoms with Gasteiger partial charge in [-0.1, -0.05) is 193 Å². The third kappa shape index (κ3) is 6.53. The Kier molecular flexibility index (Phi) is 8.99. The first-order chi connectivity index (χ1) is 29.0. The van der Waals surface area contributed by atoms with E-state index >= 15 is 0 Å². The lowest BCUT2D eigenvalue weighted by Gasteiger charge is -2.30.